The summed E-state index contributed by atoms with van der Waals surface area (Å²) in [6.07, 6.45) is 3.42. The third kappa shape index (κ3) is 2.55. The van der Waals surface area contributed by atoms with Crippen LogP contribution < -0.4 is 5.73 Å². The SMILES string of the molecule is CC(N)c1cncc(-c2cccc(C(=O)O)c2)c1. The fraction of sp³-hybridized carbons (Fsp3) is 0.143. The van der Waals surface area contributed by atoms with Crippen LogP contribution in [-0.4, -0.2) is 16.1 Å². The van der Waals surface area contributed by atoms with Crippen LogP contribution >= 0.6 is 0 Å². The van der Waals surface area contributed by atoms with Gasteiger partial charge < -0.3 is 10.8 Å². The average molecular weight is 242 g/mol. The lowest BCUT2D eigenvalue weighted by atomic mass is 10.0. The Bertz CT molecular complexity index is 580. The van der Waals surface area contributed by atoms with Crippen LogP contribution in [0.3, 0.4) is 0 Å². The van der Waals surface area contributed by atoms with Gasteiger partial charge in [-0.1, -0.05) is 12.1 Å². The second-order valence-corrected chi connectivity index (χ2v) is 4.18. The predicted molar refractivity (Wildman–Crippen MR) is 69.2 cm³/mol. The van der Waals surface area contributed by atoms with Crippen LogP contribution in [0.25, 0.3) is 11.1 Å². The smallest absolute Gasteiger partial charge is 0.335 e. The van der Waals surface area contributed by atoms with Crippen LogP contribution in [0.2, 0.25) is 0 Å². The molecule has 1 heterocycles. The van der Waals surface area contributed by atoms with E-state index in [1.54, 1.807) is 30.6 Å². The minimum atomic E-state index is -0.937. The maximum Gasteiger partial charge on any atom is 0.335 e. The monoisotopic (exact) mass is 242 g/mol. The molecular formula is C14H14N2O2. The highest BCUT2D eigenvalue weighted by molar-refractivity contribution is 5.89. The first-order valence-electron chi connectivity index (χ1n) is 5.62. The summed E-state index contributed by atoms with van der Waals surface area (Å²) in [6.45, 7) is 1.88. The molecule has 0 saturated heterocycles. The first kappa shape index (κ1) is 12.3. The predicted octanol–water partition coefficient (Wildman–Crippen LogP) is 2.47. The number of hydrogen-bond acceptors (Lipinski definition) is 3. The molecule has 4 heteroatoms. The summed E-state index contributed by atoms with van der Waals surface area (Å²) < 4.78 is 0. The lowest BCUT2D eigenvalue weighted by molar-refractivity contribution is 0.0697. The van der Waals surface area contributed by atoms with Crippen molar-refractivity contribution in [1.82, 2.24) is 4.98 Å². The van der Waals surface area contributed by atoms with Crippen LogP contribution in [0, 0.1) is 0 Å². The molecular weight excluding hydrogens is 228 g/mol. The first-order chi connectivity index (χ1) is 8.58. The summed E-state index contributed by atoms with van der Waals surface area (Å²) in [5.41, 5.74) is 8.68. The van der Waals surface area contributed by atoms with E-state index in [4.69, 9.17) is 10.8 Å². The molecule has 1 aromatic heterocycles. The summed E-state index contributed by atoms with van der Waals surface area (Å²) in [5.74, 6) is -0.937. The Labute approximate surface area is 105 Å². The molecule has 0 bridgehead atoms. The molecule has 0 aliphatic heterocycles. The molecule has 1 unspecified atom stereocenters. The van der Waals surface area contributed by atoms with Crippen molar-refractivity contribution in [3.05, 3.63) is 53.9 Å². The van der Waals surface area contributed by atoms with Gasteiger partial charge in [0.15, 0.2) is 0 Å². The summed E-state index contributed by atoms with van der Waals surface area (Å²) in [6, 6.07) is 8.60. The van der Waals surface area contributed by atoms with Crippen LogP contribution in [-0.2, 0) is 0 Å². The zero-order valence-electron chi connectivity index (χ0n) is 10.00. The van der Waals surface area contributed by atoms with Crippen LogP contribution in [0.4, 0.5) is 0 Å². The summed E-state index contributed by atoms with van der Waals surface area (Å²) >= 11 is 0. The molecule has 0 radical (unpaired) electrons. The first-order valence-corrected chi connectivity index (χ1v) is 5.62. The number of nitrogens with zero attached hydrogens (tertiary/aromatic N) is 1. The van der Waals surface area contributed by atoms with Crippen molar-refractivity contribution in [3.8, 4) is 11.1 Å². The zero-order chi connectivity index (χ0) is 13.1. The van der Waals surface area contributed by atoms with E-state index >= 15 is 0 Å². The maximum absolute atomic E-state index is 10.9. The van der Waals surface area contributed by atoms with Crippen LogP contribution in [0.1, 0.15) is 28.9 Å². The number of aromatic carboxylic acids is 1. The maximum atomic E-state index is 10.9. The third-order valence-corrected chi connectivity index (χ3v) is 2.73. The average Bonchev–Trinajstić information content (AvgIpc) is 2.39. The topological polar surface area (TPSA) is 76.2 Å². The summed E-state index contributed by atoms with van der Waals surface area (Å²) in [4.78, 5) is 15.1. The fourth-order valence-corrected chi connectivity index (χ4v) is 1.70. The van der Waals surface area contributed by atoms with Crippen molar-refractivity contribution >= 4 is 5.97 Å². The van der Waals surface area contributed by atoms with Gasteiger partial charge in [-0.3, -0.25) is 4.98 Å². The normalized spacial score (nSPS) is 12.1. The molecule has 0 aliphatic rings. The minimum Gasteiger partial charge on any atom is -0.478 e. The molecule has 0 fully saturated rings. The molecule has 4 nitrogen and oxygen atoms in total. The number of carboxylic acids is 1. The highest BCUT2D eigenvalue weighted by Crippen LogP contribution is 2.22. The Morgan fingerprint density at radius 3 is 2.72 bits per heavy atom. The molecule has 2 aromatic rings. The summed E-state index contributed by atoms with van der Waals surface area (Å²) in [7, 11) is 0. The Morgan fingerprint density at radius 1 is 1.28 bits per heavy atom. The molecule has 92 valence electrons. The van der Waals surface area contributed by atoms with Crippen molar-refractivity contribution in [2.24, 2.45) is 5.73 Å². The summed E-state index contributed by atoms with van der Waals surface area (Å²) in [5, 5.41) is 8.96. The lowest BCUT2D eigenvalue weighted by Gasteiger charge is -2.08. The van der Waals surface area contributed by atoms with E-state index in [2.05, 4.69) is 4.98 Å². The van der Waals surface area contributed by atoms with Crippen LogP contribution in [0.15, 0.2) is 42.7 Å². The van der Waals surface area contributed by atoms with Crippen molar-refractivity contribution in [2.75, 3.05) is 0 Å². The molecule has 0 aliphatic carbocycles. The van der Waals surface area contributed by atoms with Crippen LogP contribution in [0.5, 0.6) is 0 Å². The van der Waals surface area contributed by atoms with Gasteiger partial charge in [-0.25, -0.2) is 4.79 Å². The van der Waals surface area contributed by atoms with Crippen molar-refractivity contribution < 1.29 is 9.90 Å². The van der Waals surface area contributed by atoms with E-state index in [1.807, 2.05) is 19.1 Å². The number of hydrogen-bond donors (Lipinski definition) is 2. The molecule has 1 aromatic carbocycles. The number of carboxylic acid groups (broad SMARTS) is 1. The van der Waals surface area contributed by atoms with Gasteiger partial charge in [0.2, 0.25) is 0 Å². The molecule has 0 saturated carbocycles. The third-order valence-electron chi connectivity index (χ3n) is 2.73. The van der Waals surface area contributed by atoms with Gasteiger partial charge in [-0.15, -0.1) is 0 Å². The Morgan fingerprint density at radius 2 is 2.06 bits per heavy atom. The van der Waals surface area contributed by atoms with Gasteiger partial charge in [0.1, 0.15) is 0 Å². The van der Waals surface area contributed by atoms with E-state index in [1.165, 1.54) is 0 Å². The zero-order valence-corrected chi connectivity index (χ0v) is 10.00. The second kappa shape index (κ2) is 4.98. The number of rotatable bonds is 3. The van der Waals surface area contributed by atoms with Crippen molar-refractivity contribution in [3.63, 3.8) is 0 Å². The Kier molecular flexibility index (Phi) is 3.39. The second-order valence-electron chi connectivity index (χ2n) is 4.18. The Hall–Kier alpha value is -2.20. The highest BCUT2D eigenvalue weighted by Gasteiger charge is 2.07. The van der Waals surface area contributed by atoms with E-state index in [9.17, 15) is 4.79 Å². The van der Waals surface area contributed by atoms with E-state index in [0.29, 0.717) is 0 Å². The van der Waals surface area contributed by atoms with Gasteiger partial charge in [0.25, 0.3) is 0 Å². The van der Waals surface area contributed by atoms with Gasteiger partial charge >= 0.3 is 5.97 Å². The van der Waals surface area contributed by atoms with E-state index < -0.39 is 5.97 Å². The number of aromatic nitrogens is 1. The van der Waals surface area contributed by atoms with E-state index in [-0.39, 0.29) is 11.6 Å². The fourth-order valence-electron chi connectivity index (χ4n) is 1.70. The molecule has 3 N–H and O–H groups in total. The number of pyridine rings is 1. The molecule has 1 atom stereocenters. The highest BCUT2D eigenvalue weighted by atomic mass is 16.4. The molecule has 2 rings (SSSR count). The van der Waals surface area contributed by atoms with Crippen molar-refractivity contribution in [2.45, 2.75) is 13.0 Å². The number of nitrogens with two attached hydrogens (primary N) is 1. The number of benzene rings is 1. The largest absolute Gasteiger partial charge is 0.478 e. The quantitative estimate of drug-likeness (QED) is 0.866. The van der Waals surface area contributed by atoms with Gasteiger partial charge in [0.05, 0.1) is 5.56 Å². The number of carbonyl (C=O) groups is 1. The molecule has 0 spiro atoms. The lowest BCUT2D eigenvalue weighted by Crippen LogP contribution is -2.05. The molecule has 0 amide bonds. The standard InChI is InChI=1S/C14H14N2O2/c1-9(15)12-6-13(8-16-7-12)10-3-2-4-11(5-10)14(17)18/h2-9H,15H2,1H3,(H,17,18). The van der Waals surface area contributed by atoms with Crippen molar-refractivity contribution in [1.29, 1.82) is 0 Å². The van der Waals surface area contributed by atoms with Gasteiger partial charge in [-0.2, -0.15) is 0 Å². The van der Waals surface area contributed by atoms with E-state index in [0.717, 1.165) is 16.7 Å². The Balaban J connectivity index is 2.45. The van der Waals surface area contributed by atoms with Gasteiger partial charge in [-0.05, 0) is 36.2 Å². The molecule has 18 heavy (non-hydrogen) atoms. The van der Waals surface area contributed by atoms with Gasteiger partial charge in [0, 0.05) is 24.0 Å². The minimum absolute atomic E-state index is 0.0971.